The molecule has 0 aliphatic heterocycles. The zero-order valence-electron chi connectivity index (χ0n) is 13.0. The van der Waals surface area contributed by atoms with Crippen LogP contribution in [0.1, 0.15) is 25.3 Å². The minimum absolute atomic E-state index is 0.224. The first-order valence-corrected chi connectivity index (χ1v) is 7.54. The molecule has 6 heteroatoms. The number of carbonyl (C=O) groups excluding carboxylic acids is 3. The lowest BCUT2D eigenvalue weighted by atomic mass is 10.2. The van der Waals surface area contributed by atoms with Gasteiger partial charge in [-0.1, -0.05) is 30.3 Å². The second-order valence-electron chi connectivity index (χ2n) is 5.42. The Morgan fingerprint density at radius 3 is 2.61 bits per heavy atom. The maximum absolute atomic E-state index is 11.7. The van der Waals surface area contributed by atoms with E-state index in [4.69, 9.17) is 4.74 Å². The van der Waals surface area contributed by atoms with E-state index in [1.165, 1.54) is 13.0 Å². The zero-order valence-corrected chi connectivity index (χ0v) is 13.0. The summed E-state index contributed by atoms with van der Waals surface area (Å²) in [6.45, 7) is 1.19. The standard InChI is InChI=1S/C17H20N2O4/c1-12(17(22)23-11-16(21)19-14-8-9-14)18-15(20)10-7-13-5-3-2-4-6-13/h2-7,10,12,14H,8-9,11H2,1H3,(H,18,20)(H,19,21)/b10-7+/t12-/m0/s1. The molecule has 2 rings (SSSR count). The molecule has 2 amide bonds. The highest BCUT2D eigenvalue weighted by atomic mass is 16.5. The molecule has 1 aromatic carbocycles. The summed E-state index contributed by atoms with van der Waals surface area (Å²) in [5.74, 6) is -1.36. The largest absolute Gasteiger partial charge is 0.454 e. The van der Waals surface area contributed by atoms with Crippen LogP contribution in [0.4, 0.5) is 0 Å². The Kier molecular flexibility index (Phi) is 5.91. The molecule has 1 aromatic rings. The number of hydrogen-bond acceptors (Lipinski definition) is 4. The number of benzene rings is 1. The van der Waals surface area contributed by atoms with Crippen molar-refractivity contribution >= 4 is 23.9 Å². The topological polar surface area (TPSA) is 84.5 Å². The summed E-state index contributed by atoms with van der Waals surface area (Å²) in [4.78, 5) is 34.9. The van der Waals surface area contributed by atoms with E-state index in [0.717, 1.165) is 18.4 Å². The van der Waals surface area contributed by atoms with E-state index < -0.39 is 17.9 Å². The van der Waals surface area contributed by atoms with E-state index in [1.807, 2.05) is 30.3 Å². The van der Waals surface area contributed by atoms with Gasteiger partial charge in [0.2, 0.25) is 5.91 Å². The average Bonchev–Trinajstić information content (AvgIpc) is 3.35. The first-order valence-electron chi connectivity index (χ1n) is 7.54. The molecule has 1 saturated carbocycles. The molecule has 2 N–H and O–H groups in total. The molecule has 23 heavy (non-hydrogen) atoms. The predicted octanol–water partition coefficient (Wildman–Crippen LogP) is 1.03. The molecule has 0 bridgehead atoms. The zero-order chi connectivity index (χ0) is 16.7. The van der Waals surface area contributed by atoms with Gasteiger partial charge in [0, 0.05) is 12.1 Å². The van der Waals surface area contributed by atoms with Crippen LogP contribution in [0.2, 0.25) is 0 Å². The van der Waals surface area contributed by atoms with Gasteiger partial charge in [-0.2, -0.15) is 0 Å². The Bertz CT molecular complexity index is 594. The first kappa shape index (κ1) is 16.7. The average molecular weight is 316 g/mol. The molecule has 0 saturated heterocycles. The minimum Gasteiger partial charge on any atom is -0.454 e. The molecule has 1 aliphatic carbocycles. The Morgan fingerprint density at radius 2 is 1.96 bits per heavy atom. The molecule has 1 atom stereocenters. The van der Waals surface area contributed by atoms with Gasteiger partial charge in [-0.15, -0.1) is 0 Å². The summed E-state index contributed by atoms with van der Waals surface area (Å²) >= 11 is 0. The van der Waals surface area contributed by atoms with Crippen LogP contribution >= 0.6 is 0 Å². The van der Waals surface area contributed by atoms with Crippen LogP contribution in [0.5, 0.6) is 0 Å². The minimum atomic E-state index is -0.823. The van der Waals surface area contributed by atoms with Crippen LogP contribution in [0.3, 0.4) is 0 Å². The van der Waals surface area contributed by atoms with Gasteiger partial charge in [0.25, 0.3) is 5.91 Å². The van der Waals surface area contributed by atoms with Gasteiger partial charge in [0.15, 0.2) is 6.61 Å². The molecule has 1 fully saturated rings. The van der Waals surface area contributed by atoms with Gasteiger partial charge in [-0.05, 0) is 31.4 Å². The lowest BCUT2D eigenvalue weighted by molar-refractivity contribution is -0.151. The van der Waals surface area contributed by atoms with E-state index in [1.54, 1.807) is 6.08 Å². The second-order valence-corrected chi connectivity index (χ2v) is 5.42. The van der Waals surface area contributed by atoms with Gasteiger partial charge in [0.1, 0.15) is 6.04 Å². The van der Waals surface area contributed by atoms with Gasteiger partial charge in [-0.3, -0.25) is 9.59 Å². The molecule has 0 heterocycles. The normalized spacial score (nSPS) is 15.0. The van der Waals surface area contributed by atoms with Crippen LogP contribution < -0.4 is 10.6 Å². The summed E-state index contributed by atoms with van der Waals surface area (Å²) in [5.41, 5.74) is 0.884. The molecule has 1 aliphatic rings. The van der Waals surface area contributed by atoms with Crippen molar-refractivity contribution in [3.63, 3.8) is 0 Å². The highest BCUT2D eigenvalue weighted by Crippen LogP contribution is 2.18. The predicted molar refractivity (Wildman–Crippen MR) is 85.2 cm³/mol. The molecule has 6 nitrogen and oxygen atoms in total. The third-order valence-corrected chi connectivity index (χ3v) is 3.23. The monoisotopic (exact) mass is 316 g/mol. The Morgan fingerprint density at radius 1 is 1.26 bits per heavy atom. The van der Waals surface area contributed by atoms with Crippen LogP contribution in [-0.4, -0.2) is 36.5 Å². The highest BCUT2D eigenvalue weighted by molar-refractivity contribution is 5.94. The Hall–Kier alpha value is -2.63. The van der Waals surface area contributed by atoms with Crippen LogP contribution in [0, 0.1) is 0 Å². The number of ether oxygens (including phenoxy) is 1. The summed E-state index contributed by atoms with van der Waals surface area (Å²) < 4.78 is 4.87. The Labute approximate surface area is 134 Å². The van der Waals surface area contributed by atoms with Gasteiger partial charge in [-0.25, -0.2) is 4.79 Å². The van der Waals surface area contributed by atoms with Crippen molar-refractivity contribution < 1.29 is 19.1 Å². The lowest BCUT2D eigenvalue weighted by Gasteiger charge is -2.12. The van der Waals surface area contributed by atoms with Crippen molar-refractivity contribution in [1.29, 1.82) is 0 Å². The quantitative estimate of drug-likeness (QED) is 0.581. The molecule has 0 unspecified atom stereocenters. The van der Waals surface area contributed by atoms with Gasteiger partial charge >= 0.3 is 5.97 Å². The maximum atomic E-state index is 11.7. The molecule has 122 valence electrons. The smallest absolute Gasteiger partial charge is 0.328 e. The third kappa shape index (κ3) is 6.34. The number of rotatable bonds is 7. The Balaban J connectivity index is 1.70. The summed E-state index contributed by atoms with van der Waals surface area (Å²) in [5, 5.41) is 5.21. The van der Waals surface area contributed by atoms with Gasteiger partial charge in [0.05, 0.1) is 0 Å². The van der Waals surface area contributed by atoms with Crippen LogP contribution in [0.25, 0.3) is 6.08 Å². The lowest BCUT2D eigenvalue weighted by Crippen LogP contribution is -2.40. The van der Waals surface area contributed by atoms with Crippen LogP contribution in [-0.2, 0) is 19.1 Å². The summed E-state index contributed by atoms with van der Waals surface area (Å²) in [6.07, 6.45) is 4.94. The van der Waals surface area contributed by atoms with Crippen molar-refractivity contribution in [3.05, 3.63) is 42.0 Å². The summed E-state index contributed by atoms with van der Waals surface area (Å²) in [6, 6.07) is 8.74. The molecular formula is C17H20N2O4. The number of amides is 2. The molecule has 0 aromatic heterocycles. The van der Waals surface area contributed by atoms with Crippen molar-refractivity contribution in [3.8, 4) is 0 Å². The van der Waals surface area contributed by atoms with E-state index in [-0.39, 0.29) is 18.6 Å². The van der Waals surface area contributed by atoms with Crippen molar-refractivity contribution in [2.45, 2.75) is 31.8 Å². The van der Waals surface area contributed by atoms with Crippen LogP contribution in [0.15, 0.2) is 36.4 Å². The number of hydrogen-bond donors (Lipinski definition) is 2. The molecule has 0 radical (unpaired) electrons. The first-order chi connectivity index (χ1) is 11.0. The van der Waals surface area contributed by atoms with Crippen molar-refractivity contribution in [2.24, 2.45) is 0 Å². The van der Waals surface area contributed by atoms with Crippen molar-refractivity contribution in [2.75, 3.05) is 6.61 Å². The maximum Gasteiger partial charge on any atom is 0.328 e. The fraction of sp³-hybridized carbons (Fsp3) is 0.353. The number of nitrogens with one attached hydrogen (secondary N) is 2. The van der Waals surface area contributed by atoms with E-state index >= 15 is 0 Å². The van der Waals surface area contributed by atoms with E-state index in [2.05, 4.69) is 10.6 Å². The fourth-order valence-electron chi connectivity index (χ4n) is 1.82. The molecular weight excluding hydrogens is 296 g/mol. The third-order valence-electron chi connectivity index (χ3n) is 3.23. The molecule has 0 spiro atoms. The van der Waals surface area contributed by atoms with Gasteiger partial charge < -0.3 is 15.4 Å². The van der Waals surface area contributed by atoms with Crippen molar-refractivity contribution in [1.82, 2.24) is 10.6 Å². The van der Waals surface area contributed by atoms with E-state index in [9.17, 15) is 14.4 Å². The second kappa shape index (κ2) is 8.12. The SMILES string of the molecule is C[C@H](NC(=O)/C=C/c1ccccc1)C(=O)OCC(=O)NC1CC1. The van der Waals surface area contributed by atoms with E-state index in [0.29, 0.717) is 0 Å². The summed E-state index contributed by atoms with van der Waals surface area (Å²) in [7, 11) is 0. The number of carbonyl (C=O) groups is 3. The highest BCUT2D eigenvalue weighted by Gasteiger charge is 2.24. The fourth-order valence-corrected chi connectivity index (χ4v) is 1.82. The number of esters is 1.